The molecule has 3 rings (SSSR count). The summed E-state index contributed by atoms with van der Waals surface area (Å²) < 4.78 is 1.66. The van der Waals surface area contributed by atoms with Crippen molar-refractivity contribution in [2.75, 3.05) is 13.1 Å². The lowest BCUT2D eigenvalue weighted by Crippen LogP contribution is -2.37. The Morgan fingerprint density at radius 3 is 2.87 bits per heavy atom. The lowest BCUT2D eigenvalue weighted by molar-refractivity contribution is -0.127. The van der Waals surface area contributed by atoms with Crippen LogP contribution in [0.1, 0.15) is 29.3 Å². The van der Waals surface area contributed by atoms with Gasteiger partial charge >= 0.3 is 0 Å². The van der Waals surface area contributed by atoms with E-state index in [2.05, 4.69) is 15.4 Å². The maximum Gasteiger partial charge on any atom is 0.251 e. The number of amides is 2. The van der Waals surface area contributed by atoms with Gasteiger partial charge < -0.3 is 10.2 Å². The van der Waals surface area contributed by atoms with Crippen molar-refractivity contribution in [1.29, 1.82) is 0 Å². The number of nitrogens with one attached hydrogen (secondary N) is 1. The Morgan fingerprint density at radius 2 is 2.26 bits per heavy atom. The fraction of sp³-hybridized carbons (Fsp3) is 0.375. The van der Waals surface area contributed by atoms with Gasteiger partial charge in [-0.25, -0.2) is 9.67 Å². The van der Waals surface area contributed by atoms with Gasteiger partial charge in [-0.3, -0.25) is 9.59 Å². The molecule has 2 aromatic rings. The molecular weight excluding hydrogens is 294 g/mol. The van der Waals surface area contributed by atoms with E-state index in [0.717, 1.165) is 11.3 Å². The number of aryl methyl sites for hydroxylation is 1. The molecule has 1 saturated heterocycles. The van der Waals surface area contributed by atoms with E-state index in [1.54, 1.807) is 22.0 Å². The van der Waals surface area contributed by atoms with Crippen molar-refractivity contribution >= 4 is 11.8 Å². The van der Waals surface area contributed by atoms with E-state index in [1.807, 2.05) is 26.0 Å². The Bertz CT molecular complexity index is 726. The zero-order valence-electron chi connectivity index (χ0n) is 13.2. The van der Waals surface area contributed by atoms with Gasteiger partial charge in [0.15, 0.2) is 0 Å². The number of hydrogen-bond acceptors (Lipinski definition) is 4. The molecule has 1 aliphatic rings. The number of aromatic nitrogens is 3. The van der Waals surface area contributed by atoms with Crippen molar-refractivity contribution in [2.24, 2.45) is 0 Å². The first-order chi connectivity index (χ1) is 11.1. The van der Waals surface area contributed by atoms with Crippen LogP contribution in [-0.4, -0.2) is 50.6 Å². The molecule has 7 heteroatoms. The second-order valence-electron chi connectivity index (χ2n) is 5.65. The highest BCUT2D eigenvalue weighted by Crippen LogP contribution is 2.16. The van der Waals surface area contributed by atoms with Gasteiger partial charge in [0.2, 0.25) is 5.91 Å². The topological polar surface area (TPSA) is 80.1 Å². The Morgan fingerprint density at radius 1 is 1.43 bits per heavy atom. The van der Waals surface area contributed by atoms with Gasteiger partial charge in [0.05, 0.1) is 11.7 Å². The first-order valence-corrected chi connectivity index (χ1v) is 7.62. The third-order valence-corrected chi connectivity index (χ3v) is 4.06. The molecule has 2 heterocycles. The normalized spacial score (nSPS) is 17.6. The summed E-state index contributed by atoms with van der Waals surface area (Å²) in [7, 11) is 0. The Labute approximate surface area is 134 Å². The summed E-state index contributed by atoms with van der Waals surface area (Å²) in [6.45, 7) is 5.12. The molecule has 0 radical (unpaired) electrons. The average molecular weight is 313 g/mol. The molecule has 1 aromatic heterocycles. The van der Waals surface area contributed by atoms with Crippen LogP contribution in [0.25, 0.3) is 5.69 Å². The molecular formula is C16H19N5O2. The SMILES string of the molecule is CCN1CC(NC(=O)c2ccc(-n3cncn3)c(C)c2)CC1=O. The minimum atomic E-state index is -0.158. The van der Waals surface area contributed by atoms with E-state index in [1.165, 1.54) is 6.33 Å². The van der Waals surface area contributed by atoms with E-state index in [0.29, 0.717) is 25.1 Å². The molecule has 1 N–H and O–H groups in total. The van der Waals surface area contributed by atoms with Gasteiger partial charge in [-0.1, -0.05) is 0 Å². The van der Waals surface area contributed by atoms with Crippen LogP contribution < -0.4 is 5.32 Å². The lowest BCUT2D eigenvalue weighted by Gasteiger charge is -2.15. The van der Waals surface area contributed by atoms with Crippen LogP contribution in [0, 0.1) is 6.92 Å². The maximum absolute atomic E-state index is 12.4. The van der Waals surface area contributed by atoms with Crippen molar-refractivity contribution in [3.8, 4) is 5.69 Å². The van der Waals surface area contributed by atoms with Crippen molar-refractivity contribution in [2.45, 2.75) is 26.3 Å². The zero-order valence-corrected chi connectivity index (χ0v) is 13.2. The largest absolute Gasteiger partial charge is 0.347 e. The van der Waals surface area contributed by atoms with Gasteiger partial charge in [0.25, 0.3) is 5.91 Å². The monoisotopic (exact) mass is 313 g/mol. The van der Waals surface area contributed by atoms with Crippen LogP contribution in [0.3, 0.4) is 0 Å². The second-order valence-corrected chi connectivity index (χ2v) is 5.65. The molecule has 1 atom stereocenters. The summed E-state index contributed by atoms with van der Waals surface area (Å²) in [6.07, 6.45) is 3.46. The fourth-order valence-electron chi connectivity index (χ4n) is 2.83. The number of carbonyl (C=O) groups is 2. The molecule has 1 aliphatic heterocycles. The first kappa shape index (κ1) is 15.2. The summed E-state index contributed by atoms with van der Waals surface area (Å²) in [4.78, 5) is 29.8. The van der Waals surface area contributed by atoms with Crippen molar-refractivity contribution in [3.05, 3.63) is 42.0 Å². The van der Waals surface area contributed by atoms with E-state index < -0.39 is 0 Å². The Kier molecular flexibility index (Phi) is 4.10. The molecule has 0 aliphatic carbocycles. The smallest absolute Gasteiger partial charge is 0.251 e. The number of likely N-dealkylation sites (N-methyl/N-ethyl adjacent to an activating group) is 1. The van der Waals surface area contributed by atoms with Gasteiger partial charge in [-0.05, 0) is 37.6 Å². The molecule has 0 bridgehead atoms. The van der Waals surface area contributed by atoms with Crippen LogP contribution in [0.4, 0.5) is 0 Å². The van der Waals surface area contributed by atoms with E-state index in [4.69, 9.17) is 0 Å². The predicted octanol–water partition coefficient (Wildman–Crippen LogP) is 0.926. The predicted molar refractivity (Wildman–Crippen MR) is 84.2 cm³/mol. The third-order valence-electron chi connectivity index (χ3n) is 4.06. The van der Waals surface area contributed by atoms with Crippen LogP contribution in [0.2, 0.25) is 0 Å². The standard InChI is InChI=1S/C16H19N5O2/c1-3-20-8-13(7-15(20)22)19-16(23)12-4-5-14(11(2)6-12)21-10-17-9-18-21/h4-6,9-10,13H,3,7-8H2,1-2H3,(H,19,23). The molecule has 7 nitrogen and oxygen atoms in total. The van der Waals surface area contributed by atoms with Gasteiger partial charge in [-0.15, -0.1) is 0 Å². The highest BCUT2D eigenvalue weighted by Gasteiger charge is 2.29. The summed E-state index contributed by atoms with van der Waals surface area (Å²) in [5.74, 6) is -0.0653. The molecule has 0 saturated carbocycles. The van der Waals surface area contributed by atoms with E-state index >= 15 is 0 Å². The van der Waals surface area contributed by atoms with Gasteiger partial charge in [-0.2, -0.15) is 5.10 Å². The number of likely N-dealkylation sites (tertiary alicyclic amines) is 1. The van der Waals surface area contributed by atoms with Crippen LogP contribution >= 0.6 is 0 Å². The Balaban J connectivity index is 1.71. The first-order valence-electron chi connectivity index (χ1n) is 7.62. The number of carbonyl (C=O) groups excluding carboxylic acids is 2. The van der Waals surface area contributed by atoms with Crippen molar-refractivity contribution < 1.29 is 9.59 Å². The van der Waals surface area contributed by atoms with Crippen molar-refractivity contribution in [3.63, 3.8) is 0 Å². The van der Waals surface area contributed by atoms with Gasteiger partial charge in [0.1, 0.15) is 12.7 Å². The number of hydrogen-bond donors (Lipinski definition) is 1. The average Bonchev–Trinajstić information content (AvgIpc) is 3.16. The second kappa shape index (κ2) is 6.20. The van der Waals surface area contributed by atoms with Crippen molar-refractivity contribution in [1.82, 2.24) is 25.0 Å². The summed E-state index contributed by atoms with van der Waals surface area (Å²) >= 11 is 0. The summed E-state index contributed by atoms with van der Waals surface area (Å²) in [6, 6.07) is 5.30. The molecule has 1 unspecified atom stereocenters. The highest BCUT2D eigenvalue weighted by atomic mass is 16.2. The highest BCUT2D eigenvalue weighted by molar-refractivity contribution is 5.95. The van der Waals surface area contributed by atoms with Crippen LogP contribution in [-0.2, 0) is 4.79 Å². The minimum absolute atomic E-state index is 0.0931. The quantitative estimate of drug-likeness (QED) is 0.910. The number of benzene rings is 1. The molecule has 1 fully saturated rings. The third kappa shape index (κ3) is 3.08. The lowest BCUT2D eigenvalue weighted by atomic mass is 10.1. The van der Waals surface area contributed by atoms with E-state index in [9.17, 15) is 9.59 Å². The molecule has 23 heavy (non-hydrogen) atoms. The number of rotatable bonds is 4. The molecule has 0 spiro atoms. The fourth-order valence-corrected chi connectivity index (χ4v) is 2.83. The molecule has 1 aromatic carbocycles. The van der Waals surface area contributed by atoms with Crippen LogP contribution in [0.15, 0.2) is 30.9 Å². The maximum atomic E-state index is 12.4. The summed E-state index contributed by atoms with van der Waals surface area (Å²) in [5.41, 5.74) is 2.39. The van der Waals surface area contributed by atoms with Crippen LogP contribution in [0.5, 0.6) is 0 Å². The number of nitrogens with zero attached hydrogens (tertiary/aromatic N) is 4. The van der Waals surface area contributed by atoms with E-state index in [-0.39, 0.29) is 17.9 Å². The molecule has 2 amide bonds. The minimum Gasteiger partial charge on any atom is -0.347 e. The zero-order chi connectivity index (χ0) is 16.4. The molecule has 120 valence electrons. The Hall–Kier alpha value is -2.70. The summed E-state index contributed by atoms with van der Waals surface area (Å²) in [5, 5.41) is 7.03. The van der Waals surface area contributed by atoms with Gasteiger partial charge in [0, 0.05) is 25.1 Å².